The second-order valence-electron chi connectivity index (χ2n) is 6.85. The summed E-state index contributed by atoms with van der Waals surface area (Å²) < 4.78 is 7.25. The number of pyridine rings is 1. The summed E-state index contributed by atoms with van der Waals surface area (Å²) in [6, 6.07) is 4.01. The van der Waals surface area contributed by atoms with E-state index in [0.717, 1.165) is 11.3 Å². The predicted octanol–water partition coefficient (Wildman–Crippen LogP) is 3.00. The molecule has 7 heteroatoms. The van der Waals surface area contributed by atoms with E-state index in [1.807, 2.05) is 56.6 Å². The van der Waals surface area contributed by atoms with E-state index in [0.29, 0.717) is 12.4 Å². The minimum absolute atomic E-state index is 0.184. The normalized spacial score (nSPS) is 11.5. The first-order chi connectivity index (χ1) is 11.8. The maximum atomic E-state index is 11.9. The number of esters is 1. The van der Waals surface area contributed by atoms with Crippen LogP contribution < -0.4 is 5.32 Å². The Labute approximate surface area is 146 Å². The van der Waals surface area contributed by atoms with Crippen LogP contribution in [-0.4, -0.2) is 30.9 Å². The summed E-state index contributed by atoms with van der Waals surface area (Å²) in [5.74, 6) is 0.0859. The lowest BCUT2D eigenvalue weighted by molar-refractivity contribution is 0.00624. The Hall–Kier alpha value is -2.96. The minimum Gasteiger partial charge on any atom is -0.455 e. The lowest BCUT2D eigenvalue weighted by atomic mass is 10.2. The Kier molecular flexibility index (Phi) is 4.39. The zero-order valence-corrected chi connectivity index (χ0v) is 14.8. The van der Waals surface area contributed by atoms with Crippen LogP contribution in [0.3, 0.4) is 0 Å². The maximum Gasteiger partial charge on any atom is 0.359 e. The number of carbonyl (C=O) groups is 1. The highest BCUT2D eigenvalue weighted by Crippen LogP contribution is 2.12. The number of aromatic nitrogens is 4. The Morgan fingerprint density at radius 2 is 2.00 bits per heavy atom. The molecule has 0 saturated heterocycles. The monoisotopic (exact) mass is 339 g/mol. The van der Waals surface area contributed by atoms with E-state index in [4.69, 9.17) is 4.74 Å². The molecule has 0 aliphatic rings. The van der Waals surface area contributed by atoms with Gasteiger partial charge in [0.15, 0.2) is 5.69 Å². The zero-order chi connectivity index (χ0) is 18.0. The predicted molar refractivity (Wildman–Crippen MR) is 94.5 cm³/mol. The topological polar surface area (TPSA) is 81.4 Å². The molecule has 3 aromatic heterocycles. The molecular formula is C18H21N5O2. The van der Waals surface area contributed by atoms with Crippen LogP contribution in [0.4, 0.5) is 5.82 Å². The van der Waals surface area contributed by atoms with Gasteiger partial charge in [-0.2, -0.15) is 0 Å². The van der Waals surface area contributed by atoms with Crippen molar-refractivity contribution in [2.24, 2.45) is 0 Å². The number of nitrogens with zero attached hydrogens (tertiary/aromatic N) is 4. The summed E-state index contributed by atoms with van der Waals surface area (Å²) in [5.41, 5.74) is 2.59. The number of anilines is 1. The SMILES string of the molecule is Cc1ccc2nc(CNc3cnc(C(=O)OC(C)(C)C)cn3)cn2c1. The second kappa shape index (κ2) is 6.51. The van der Waals surface area contributed by atoms with Gasteiger partial charge >= 0.3 is 5.97 Å². The van der Waals surface area contributed by atoms with Crippen molar-refractivity contribution >= 4 is 17.4 Å². The van der Waals surface area contributed by atoms with Crippen LogP contribution in [0.25, 0.3) is 5.65 Å². The Morgan fingerprint density at radius 3 is 2.68 bits per heavy atom. The minimum atomic E-state index is -0.558. The molecule has 0 radical (unpaired) electrons. The molecule has 3 aromatic rings. The van der Waals surface area contributed by atoms with Crippen LogP contribution in [0.2, 0.25) is 0 Å². The first-order valence-corrected chi connectivity index (χ1v) is 8.04. The molecule has 0 atom stereocenters. The zero-order valence-electron chi connectivity index (χ0n) is 14.8. The van der Waals surface area contributed by atoms with Gasteiger partial charge < -0.3 is 14.5 Å². The quantitative estimate of drug-likeness (QED) is 0.736. The number of aryl methyl sites for hydroxylation is 1. The van der Waals surface area contributed by atoms with E-state index in [1.165, 1.54) is 18.0 Å². The number of carbonyl (C=O) groups excluding carboxylic acids is 1. The van der Waals surface area contributed by atoms with E-state index < -0.39 is 11.6 Å². The van der Waals surface area contributed by atoms with E-state index in [9.17, 15) is 4.79 Å². The van der Waals surface area contributed by atoms with E-state index in [2.05, 4.69) is 20.3 Å². The van der Waals surface area contributed by atoms with Crippen molar-refractivity contribution in [3.05, 3.63) is 53.9 Å². The first kappa shape index (κ1) is 16.9. The lowest BCUT2D eigenvalue weighted by Crippen LogP contribution is -2.24. The highest BCUT2D eigenvalue weighted by Gasteiger charge is 2.19. The van der Waals surface area contributed by atoms with Crippen LogP contribution in [0.15, 0.2) is 36.9 Å². The van der Waals surface area contributed by atoms with Gasteiger partial charge in [-0.25, -0.2) is 19.7 Å². The van der Waals surface area contributed by atoms with Crippen molar-refractivity contribution in [2.75, 3.05) is 5.32 Å². The average Bonchev–Trinajstić information content (AvgIpc) is 2.93. The average molecular weight is 339 g/mol. The molecule has 3 rings (SSSR count). The molecule has 0 amide bonds. The van der Waals surface area contributed by atoms with E-state index in [-0.39, 0.29) is 5.69 Å². The Morgan fingerprint density at radius 1 is 1.20 bits per heavy atom. The number of hydrogen-bond acceptors (Lipinski definition) is 6. The van der Waals surface area contributed by atoms with Crippen molar-refractivity contribution in [2.45, 2.75) is 39.8 Å². The molecule has 25 heavy (non-hydrogen) atoms. The third-order valence-corrected chi connectivity index (χ3v) is 3.36. The Balaban J connectivity index is 1.64. The Bertz CT molecular complexity index is 894. The molecule has 130 valence electrons. The molecular weight excluding hydrogens is 318 g/mol. The molecule has 0 bridgehead atoms. The summed E-state index contributed by atoms with van der Waals surface area (Å²) in [5, 5.41) is 3.15. The van der Waals surface area contributed by atoms with E-state index >= 15 is 0 Å². The summed E-state index contributed by atoms with van der Waals surface area (Å²) >= 11 is 0. The van der Waals surface area contributed by atoms with Gasteiger partial charge in [-0.05, 0) is 39.3 Å². The van der Waals surface area contributed by atoms with Gasteiger partial charge in [0, 0.05) is 12.4 Å². The smallest absolute Gasteiger partial charge is 0.359 e. The molecule has 0 unspecified atom stereocenters. The third kappa shape index (κ3) is 4.32. The number of nitrogens with one attached hydrogen (secondary N) is 1. The number of hydrogen-bond donors (Lipinski definition) is 1. The molecule has 7 nitrogen and oxygen atoms in total. The fourth-order valence-electron chi connectivity index (χ4n) is 2.28. The summed E-state index contributed by atoms with van der Waals surface area (Å²) in [6.45, 7) is 7.99. The number of rotatable bonds is 4. The van der Waals surface area contributed by atoms with Gasteiger partial charge in [-0.15, -0.1) is 0 Å². The van der Waals surface area contributed by atoms with Gasteiger partial charge in [-0.1, -0.05) is 6.07 Å². The van der Waals surface area contributed by atoms with Gasteiger partial charge in [0.2, 0.25) is 0 Å². The second-order valence-corrected chi connectivity index (χ2v) is 6.85. The summed E-state index contributed by atoms with van der Waals surface area (Å²) in [6.07, 6.45) is 6.92. The fourth-order valence-corrected chi connectivity index (χ4v) is 2.28. The molecule has 0 saturated carbocycles. The van der Waals surface area contributed by atoms with Crippen LogP contribution in [0.1, 0.15) is 42.5 Å². The number of fused-ring (bicyclic) bond motifs is 1. The molecule has 0 aliphatic heterocycles. The van der Waals surface area contributed by atoms with Gasteiger partial charge in [0.25, 0.3) is 0 Å². The molecule has 0 aromatic carbocycles. The molecule has 0 spiro atoms. The van der Waals surface area contributed by atoms with Crippen molar-refractivity contribution in [3.8, 4) is 0 Å². The van der Waals surface area contributed by atoms with Crippen molar-refractivity contribution in [1.82, 2.24) is 19.4 Å². The van der Waals surface area contributed by atoms with Gasteiger partial charge in [0.05, 0.1) is 24.6 Å². The fraction of sp³-hybridized carbons (Fsp3) is 0.333. The largest absolute Gasteiger partial charge is 0.455 e. The van der Waals surface area contributed by atoms with Gasteiger partial charge in [0.1, 0.15) is 17.1 Å². The first-order valence-electron chi connectivity index (χ1n) is 8.04. The highest BCUT2D eigenvalue weighted by molar-refractivity contribution is 5.87. The van der Waals surface area contributed by atoms with Gasteiger partial charge in [-0.3, -0.25) is 0 Å². The summed E-state index contributed by atoms with van der Waals surface area (Å²) in [7, 11) is 0. The van der Waals surface area contributed by atoms with Crippen LogP contribution in [0.5, 0.6) is 0 Å². The number of ether oxygens (including phenoxy) is 1. The number of imidazole rings is 1. The maximum absolute atomic E-state index is 11.9. The molecule has 3 heterocycles. The van der Waals surface area contributed by atoms with Crippen molar-refractivity contribution in [1.29, 1.82) is 0 Å². The molecule has 0 aliphatic carbocycles. The van der Waals surface area contributed by atoms with Crippen LogP contribution in [-0.2, 0) is 11.3 Å². The highest BCUT2D eigenvalue weighted by atomic mass is 16.6. The molecule has 1 N–H and O–H groups in total. The van der Waals surface area contributed by atoms with Crippen LogP contribution in [0, 0.1) is 6.92 Å². The van der Waals surface area contributed by atoms with Crippen molar-refractivity contribution in [3.63, 3.8) is 0 Å². The van der Waals surface area contributed by atoms with Crippen molar-refractivity contribution < 1.29 is 9.53 Å². The lowest BCUT2D eigenvalue weighted by Gasteiger charge is -2.18. The van der Waals surface area contributed by atoms with Crippen LogP contribution >= 0.6 is 0 Å². The molecule has 0 fully saturated rings. The standard InChI is InChI=1S/C18H21N5O2/c1-12-5-6-16-22-13(11-23(16)10-12)7-20-15-9-19-14(8-21-15)17(24)25-18(2,3)4/h5-6,8-11H,7H2,1-4H3,(H,20,21). The third-order valence-electron chi connectivity index (χ3n) is 3.36. The summed E-state index contributed by atoms with van der Waals surface area (Å²) in [4.78, 5) is 24.8. The van der Waals surface area contributed by atoms with E-state index in [1.54, 1.807) is 0 Å².